The van der Waals surface area contributed by atoms with Crippen molar-refractivity contribution < 1.29 is 28.5 Å². The normalized spacial score (nSPS) is 34.8. The molecular weight excluding hydrogens is 532 g/mol. The summed E-state index contributed by atoms with van der Waals surface area (Å²) in [5, 5.41) is 0. The fourth-order valence-electron chi connectivity index (χ4n) is 8.02. The number of likely N-dealkylation sites (N-methyl/N-ethyl adjacent to an activating group) is 1. The Bertz CT molecular complexity index is 1230. The van der Waals surface area contributed by atoms with Crippen molar-refractivity contribution in [2.75, 3.05) is 27.3 Å². The fourth-order valence-corrected chi connectivity index (χ4v) is 8.02. The average Bonchev–Trinajstić information content (AvgIpc) is 3.73. The molecule has 7 rings (SSSR count). The van der Waals surface area contributed by atoms with Crippen molar-refractivity contribution in [1.29, 1.82) is 0 Å². The van der Waals surface area contributed by atoms with E-state index in [1.165, 1.54) is 12.8 Å². The maximum atomic E-state index is 13.6. The highest BCUT2D eigenvalue weighted by Gasteiger charge is 2.63. The Labute approximate surface area is 248 Å². The summed E-state index contributed by atoms with van der Waals surface area (Å²) in [6.45, 7) is 0.268. The number of carbonyl (C=O) groups excluding carboxylic acids is 2. The van der Waals surface area contributed by atoms with Crippen molar-refractivity contribution in [2.45, 2.75) is 98.9 Å². The molecule has 8 nitrogen and oxygen atoms in total. The van der Waals surface area contributed by atoms with E-state index in [-0.39, 0.29) is 49.6 Å². The lowest BCUT2D eigenvalue weighted by molar-refractivity contribution is -0.158. The van der Waals surface area contributed by atoms with Crippen molar-refractivity contribution in [2.24, 2.45) is 0 Å². The van der Waals surface area contributed by atoms with Gasteiger partial charge in [-0.3, -0.25) is 14.5 Å². The number of carbonyl (C=O) groups is 2. The molecule has 224 valence electrons. The van der Waals surface area contributed by atoms with Crippen LogP contribution in [0.4, 0.5) is 0 Å². The molecule has 42 heavy (non-hydrogen) atoms. The van der Waals surface area contributed by atoms with Gasteiger partial charge < -0.3 is 23.8 Å². The fraction of sp³-hybridized carbons (Fsp3) is 0.588. The predicted octanol–water partition coefficient (Wildman–Crippen LogP) is 3.89. The Hall–Kier alpha value is -2.78. The molecule has 5 aliphatic rings. The molecule has 4 bridgehead atoms. The molecule has 0 saturated carbocycles. The Morgan fingerprint density at radius 2 is 1.17 bits per heavy atom. The van der Waals surface area contributed by atoms with Crippen LogP contribution in [0.3, 0.4) is 0 Å². The third-order valence-electron chi connectivity index (χ3n) is 10.5. The summed E-state index contributed by atoms with van der Waals surface area (Å²) in [5.74, 6) is -1.67. The zero-order valence-electron chi connectivity index (χ0n) is 24.5. The number of epoxide rings is 1. The quantitative estimate of drug-likeness (QED) is 0.312. The molecule has 0 N–H and O–H groups in total. The first-order valence-electron chi connectivity index (χ1n) is 15.6. The topological polar surface area (TPSA) is 80.8 Å². The first-order valence-corrected chi connectivity index (χ1v) is 15.6. The Balaban J connectivity index is 1.01. The molecule has 0 amide bonds. The smallest absolute Gasteiger partial charge is 0.316 e. The van der Waals surface area contributed by atoms with Gasteiger partial charge in [0, 0.05) is 37.0 Å². The minimum Gasteiger partial charge on any atom is -0.462 e. The zero-order chi connectivity index (χ0) is 28.8. The second-order valence-electron chi connectivity index (χ2n) is 12.9. The van der Waals surface area contributed by atoms with E-state index >= 15 is 0 Å². The van der Waals surface area contributed by atoms with E-state index in [0.29, 0.717) is 24.2 Å². The first-order chi connectivity index (χ1) is 20.5. The van der Waals surface area contributed by atoms with Gasteiger partial charge in [0.2, 0.25) is 0 Å². The third-order valence-corrected chi connectivity index (χ3v) is 10.5. The second-order valence-corrected chi connectivity index (χ2v) is 12.9. The van der Waals surface area contributed by atoms with Crippen LogP contribution in [0.2, 0.25) is 0 Å². The molecule has 0 radical (unpaired) electrons. The summed E-state index contributed by atoms with van der Waals surface area (Å²) >= 11 is 0. The van der Waals surface area contributed by atoms with Crippen LogP contribution in [0.5, 0.6) is 0 Å². The monoisotopic (exact) mass is 574 g/mol. The second kappa shape index (κ2) is 11.7. The van der Waals surface area contributed by atoms with E-state index < -0.39 is 11.8 Å². The molecule has 10 atom stereocenters. The summed E-state index contributed by atoms with van der Waals surface area (Å²) < 4.78 is 24.3. The first kappa shape index (κ1) is 28.0. The van der Waals surface area contributed by atoms with Gasteiger partial charge in [0.25, 0.3) is 0 Å². The SMILES string of the molecule is CN1[C@@H]2CC[C@H]1C[C@@H](OC(=O)C(COC[C@@H](C(=O)O[C@@H]1C[C@@H]3[C@H]4O[C@H]4[C@H](C1)N3C)c1ccccc1)c1ccccc1)C2. The number of hydrogen-bond donors (Lipinski definition) is 0. The van der Waals surface area contributed by atoms with Crippen LogP contribution < -0.4 is 0 Å². The molecule has 5 saturated heterocycles. The number of ether oxygens (including phenoxy) is 4. The summed E-state index contributed by atoms with van der Waals surface area (Å²) in [4.78, 5) is 32.0. The van der Waals surface area contributed by atoms with Gasteiger partial charge in [-0.25, -0.2) is 0 Å². The van der Waals surface area contributed by atoms with Gasteiger partial charge in [-0.2, -0.15) is 0 Å². The lowest BCUT2D eigenvalue weighted by atomic mass is 9.97. The van der Waals surface area contributed by atoms with Crippen LogP contribution in [0, 0.1) is 0 Å². The molecule has 5 aliphatic heterocycles. The Morgan fingerprint density at radius 1 is 0.714 bits per heavy atom. The zero-order valence-corrected chi connectivity index (χ0v) is 24.5. The van der Waals surface area contributed by atoms with Gasteiger partial charge in [-0.15, -0.1) is 0 Å². The average molecular weight is 575 g/mol. The number of nitrogens with zero attached hydrogens (tertiary/aromatic N) is 2. The largest absolute Gasteiger partial charge is 0.462 e. The van der Waals surface area contributed by atoms with Gasteiger partial charge >= 0.3 is 11.9 Å². The number of benzene rings is 2. The molecule has 2 aromatic carbocycles. The van der Waals surface area contributed by atoms with Gasteiger partial charge in [0.15, 0.2) is 0 Å². The summed E-state index contributed by atoms with van der Waals surface area (Å²) in [5.41, 5.74) is 1.71. The van der Waals surface area contributed by atoms with E-state index in [4.69, 9.17) is 18.9 Å². The van der Waals surface area contributed by atoms with Crippen LogP contribution in [0.15, 0.2) is 60.7 Å². The highest BCUT2D eigenvalue weighted by Crippen LogP contribution is 2.48. The maximum absolute atomic E-state index is 13.6. The number of morpholine rings is 1. The van der Waals surface area contributed by atoms with E-state index in [1.807, 2.05) is 60.7 Å². The minimum atomic E-state index is -0.578. The van der Waals surface area contributed by atoms with Crippen LogP contribution >= 0.6 is 0 Å². The third kappa shape index (κ3) is 5.50. The van der Waals surface area contributed by atoms with Crippen LogP contribution in [-0.4, -0.2) is 97.6 Å². The number of piperidine rings is 2. The molecule has 0 aliphatic carbocycles. The maximum Gasteiger partial charge on any atom is 0.316 e. The van der Waals surface area contributed by atoms with E-state index in [1.54, 1.807) is 0 Å². The van der Waals surface area contributed by atoms with Crippen LogP contribution in [0.25, 0.3) is 0 Å². The van der Waals surface area contributed by atoms with Gasteiger partial charge in [-0.1, -0.05) is 60.7 Å². The number of rotatable bonds is 10. The number of hydrogen-bond acceptors (Lipinski definition) is 8. The van der Waals surface area contributed by atoms with E-state index in [2.05, 4.69) is 23.9 Å². The van der Waals surface area contributed by atoms with Crippen molar-refractivity contribution >= 4 is 11.9 Å². The van der Waals surface area contributed by atoms with Gasteiger partial charge in [-0.05, 0) is 50.9 Å². The molecule has 1 unspecified atom stereocenters. The van der Waals surface area contributed by atoms with Crippen molar-refractivity contribution in [1.82, 2.24) is 9.80 Å². The van der Waals surface area contributed by atoms with E-state index in [0.717, 1.165) is 36.8 Å². The Morgan fingerprint density at radius 3 is 1.64 bits per heavy atom. The molecule has 2 aromatic rings. The van der Waals surface area contributed by atoms with Gasteiger partial charge in [0.05, 0.1) is 13.2 Å². The summed E-state index contributed by atoms with van der Waals surface area (Å²) in [7, 11) is 4.33. The van der Waals surface area contributed by atoms with Crippen molar-refractivity contribution in [3.05, 3.63) is 71.8 Å². The molecule has 5 fully saturated rings. The predicted molar refractivity (Wildman–Crippen MR) is 156 cm³/mol. The number of fused-ring (bicyclic) bond motifs is 7. The van der Waals surface area contributed by atoms with Crippen molar-refractivity contribution in [3.8, 4) is 0 Å². The summed E-state index contributed by atoms with van der Waals surface area (Å²) in [6.07, 6.45) is 6.09. The van der Waals surface area contributed by atoms with Crippen molar-refractivity contribution in [3.63, 3.8) is 0 Å². The van der Waals surface area contributed by atoms with Gasteiger partial charge in [0.1, 0.15) is 36.3 Å². The van der Waals surface area contributed by atoms with Crippen LogP contribution in [-0.2, 0) is 28.5 Å². The van der Waals surface area contributed by atoms with Crippen LogP contribution in [0.1, 0.15) is 61.5 Å². The Kier molecular flexibility index (Phi) is 7.82. The minimum absolute atomic E-state index is 0.0641. The molecular formula is C34H42N2O6. The highest BCUT2D eigenvalue weighted by atomic mass is 16.6. The number of esters is 2. The molecule has 0 aromatic heterocycles. The molecule has 5 heterocycles. The lowest BCUT2D eigenvalue weighted by Gasteiger charge is -2.38. The lowest BCUT2D eigenvalue weighted by Crippen LogP contribution is -2.48. The molecule has 8 heteroatoms. The molecule has 0 spiro atoms. The highest BCUT2D eigenvalue weighted by molar-refractivity contribution is 5.79. The van der Waals surface area contributed by atoms with E-state index in [9.17, 15) is 9.59 Å². The summed E-state index contributed by atoms with van der Waals surface area (Å²) in [6, 6.07) is 21.0. The standard InChI is InChI=1S/C34H42N2O6/c1-35-23-13-14-24(35)16-25(15-23)40-33(37)27(21-9-5-3-6-10-21)19-39-20-28(22-11-7-4-8-12-22)34(38)41-26-17-29-31-32(42-31)30(18-26)36(29)2/h3-12,23-32H,13-20H2,1-2H3/t23-,24+,25+,26-,27?,28-,29-,30+,31-,32+/m1/s1.